The van der Waals surface area contributed by atoms with Crippen molar-refractivity contribution in [1.29, 1.82) is 0 Å². The first-order chi connectivity index (χ1) is 6.70. The predicted octanol–water partition coefficient (Wildman–Crippen LogP) is 3.15. The Morgan fingerprint density at radius 2 is 1.86 bits per heavy atom. The average Bonchev–Trinajstić information content (AvgIpc) is 2.67. The molecule has 0 aliphatic rings. The van der Waals surface area contributed by atoms with E-state index in [4.69, 9.17) is 10.2 Å². The summed E-state index contributed by atoms with van der Waals surface area (Å²) in [6.07, 6.45) is 1.68. The highest BCUT2D eigenvalue weighted by Gasteiger charge is 2.07. The van der Waals surface area contributed by atoms with E-state index in [0.29, 0.717) is 0 Å². The summed E-state index contributed by atoms with van der Waals surface area (Å²) < 4.78 is 5.35. The molecule has 2 N–H and O–H groups in total. The van der Waals surface area contributed by atoms with Crippen LogP contribution in [0.15, 0.2) is 34.9 Å². The van der Waals surface area contributed by atoms with Crippen LogP contribution in [0.4, 0.5) is 5.69 Å². The molecule has 0 saturated carbocycles. The van der Waals surface area contributed by atoms with Crippen molar-refractivity contribution in [2.75, 3.05) is 5.73 Å². The zero-order valence-electron chi connectivity index (χ0n) is 8.37. The van der Waals surface area contributed by atoms with Crippen molar-refractivity contribution in [3.8, 4) is 11.3 Å². The second kappa shape index (κ2) is 3.22. The molecule has 2 aromatic rings. The fraction of sp³-hybridized carbons (Fsp3) is 0.167. The normalized spacial score (nSPS) is 10.4. The van der Waals surface area contributed by atoms with E-state index < -0.39 is 0 Å². The molecule has 2 rings (SSSR count). The average molecular weight is 187 g/mol. The summed E-state index contributed by atoms with van der Waals surface area (Å²) >= 11 is 0. The largest absolute Gasteiger partial charge is 0.464 e. The first-order valence-corrected chi connectivity index (χ1v) is 4.59. The van der Waals surface area contributed by atoms with Gasteiger partial charge in [0.1, 0.15) is 5.76 Å². The van der Waals surface area contributed by atoms with Gasteiger partial charge in [-0.05, 0) is 49.2 Å². The van der Waals surface area contributed by atoms with Crippen molar-refractivity contribution in [2.24, 2.45) is 0 Å². The molecule has 2 nitrogen and oxygen atoms in total. The maximum absolute atomic E-state index is 5.81. The minimum absolute atomic E-state index is 0.831. The first-order valence-electron chi connectivity index (χ1n) is 4.59. The number of nitrogens with two attached hydrogens (primary N) is 1. The molecule has 1 aromatic carbocycles. The molecule has 2 heteroatoms. The van der Waals surface area contributed by atoms with Gasteiger partial charge in [0, 0.05) is 11.3 Å². The fourth-order valence-electron chi connectivity index (χ4n) is 1.54. The molecule has 0 spiro atoms. The Kier molecular flexibility index (Phi) is 2.04. The van der Waals surface area contributed by atoms with Gasteiger partial charge in [-0.25, -0.2) is 0 Å². The van der Waals surface area contributed by atoms with Gasteiger partial charge in [0.25, 0.3) is 0 Å². The molecule has 72 valence electrons. The third kappa shape index (κ3) is 1.29. The fourth-order valence-corrected chi connectivity index (χ4v) is 1.54. The van der Waals surface area contributed by atoms with Crippen molar-refractivity contribution in [3.05, 3.63) is 41.7 Å². The Bertz CT molecular complexity index is 444. The van der Waals surface area contributed by atoms with E-state index in [9.17, 15) is 0 Å². The van der Waals surface area contributed by atoms with E-state index in [0.717, 1.165) is 22.6 Å². The van der Waals surface area contributed by atoms with Crippen LogP contribution in [-0.4, -0.2) is 0 Å². The number of hydrogen-bond acceptors (Lipinski definition) is 2. The van der Waals surface area contributed by atoms with Crippen LogP contribution in [-0.2, 0) is 0 Å². The van der Waals surface area contributed by atoms with Crippen LogP contribution in [0.3, 0.4) is 0 Å². The number of benzene rings is 1. The minimum atomic E-state index is 0.831. The van der Waals surface area contributed by atoms with Crippen molar-refractivity contribution in [1.82, 2.24) is 0 Å². The molecule has 14 heavy (non-hydrogen) atoms. The van der Waals surface area contributed by atoms with E-state index in [-0.39, 0.29) is 0 Å². The molecular weight excluding hydrogens is 174 g/mol. The summed E-state index contributed by atoms with van der Waals surface area (Å²) in [7, 11) is 0. The number of nitrogen functional groups attached to an aromatic ring is 1. The van der Waals surface area contributed by atoms with Gasteiger partial charge in [0.2, 0.25) is 0 Å². The highest BCUT2D eigenvalue weighted by molar-refractivity contribution is 5.68. The van der Waals surface area contributed by atoms with E-state index >= 15 is 0 Å². The van der Waals surface area contributed by atoms with Crippen LogP contribution in [0.1, 0.15) is 11.1 Å². The second-order valence-corrected chi connectivity index (χ2v) is 3.43. The van der Waals surface area contributed by atoms with E-state index in [1.807, 2.05) is 31.2 Å². The lowest BCUT2D eigenvalue weighted by Crippen LogP contribution is -1.93. The van der Waals surface area contributed by atoms with Crippen LogP contribution >= 0.6 is 0 Å². The van der Waals surface area contributed by atoms with Crippen LogP contribution < -0.4 is 5.73 Å². The van der Waals surface area contributed by atoms with Gasteiger partial charge >= 0.3 is 0 Å². The molecule has 0 aliphatic carbocycles. The lowest BCUT2D eigenvalue weighted by Gasteiger charge is -2.08. The van der Waals surface area contributed by atoms with Gasteiger partial charge in [-0.15, -0.1) is 0 Å². The standard InChI is InChI=1S/C12H13NO/c1-8-9(2)11(13)6-5-10(8)12-4-3-7-14-12/h3-7H,13H2,1-2H3. The van der Waals surface area contributed by atoms with Gasteiger partial charge < -0.3 is 10.2 Å². The Morgan fingerprint density at radius 1 is 1.07 bits per heavy atom. The lowest BCUT2D eigenvalue weighted by atomic mass is 10.0. The SMILES string of the molecule is Cc1c(N)ccc(-c2ccco2)c1C. The zero-order valence-corrected chi connectivity index (χ0v) is 8.37. The maximum atomic E-state index is 5.81. The monoisotopic (exact) mass is 187 g/mol. The Morgan fingerprint density at radius 3 is 2.50 bits per heavy atom. The van der Waals surface area contributed by atoms with Crippen molar-refractivity contribution < 1.29 is 4.42 Å². The highest BCUT2D eigenvalue weighted by Crippen LogP contribution is 2.28. The third-order valence-corrected chi connectivity index (χ3v) is 2.62. The van der Waals surface area contributed by atoms with Crippen molar-refractivity contribution >= 4 is 5.69 Å². The molecule has 0 amide bonds. The summed E-state index contributed by atoms with van der Waals surface area (Å²) in [5.74, 6) is 0.894. The molecule has 1 aromatic heterocycles. The molecule has 0 bridgehead atoms. The van der Waals surface area contributed by atoms with Crippen molar-refractivity contribution in [3.63, 3.8) is 0 Å². The van der Waals surface area contributed by atoms with Crippen LogP contribution in [0.25, 0.3) is 11.3 Å². The summed E-state index contributed by atoms with van der Waals surface area (Å²) in [5, 5.41) is 0. The molecule has 0 atom stereocenters. The third-order valence-electron chi connectivity index (χ3n) is 2.62. The number of hydrogen-bond donors (Lipinski definition) is 1. The van der Waals surface area contributed by atoms with E-state index in [1.165, 1.54) is 5.56 Å². The predicted molar refractivity (Wildman–Crippen MR) is 58.0 cm³/mol. The smallest absolute Gasteiger partial charge is 0.134 e. The second-order valence-electron chi connectivity index (χ2n) is 3.43. The first kappa shape index (κ1) is 8.88. The molecule has 0 radical (unpaired) electrons. The summed E-state index contributed by atoms with van der Waals surface area (Å²) in [4.78, 5) is 0. The number of furan rings is 1. The maximum Gasteiger partial charge on any atom is 0.134 e. The Hall–Kier alpha value is -1.70. The van der Waals surface area contributed by atoms with E-state index in [2.05, 4.69) is 6.92 Å². The molecule has 1 heterocycles. The summed E-state index contributed by atoms with van der Waals surface area (Å²) in [6.45, 7) is 4.08. The van der Waals surface area contributed by atoms with Crippen molar-refractivity contribution in [2.45, 2.75) is 13.8 Å². The molecule has 0 fully saturated rings. The Labute approximate surface area is 83.4 Å². The van der Waals surface area contributed by atoms with Gasteiger partial charge in [0.15, 0.2) is 0 Å². The van der Waals surface area contributed by atoms with Gasteiger partial charge in [-0.2, -0.15) is 0 Å². The number of rotatable bonds is 1. The molecular formula is C12H13NO. The van der Waals surface area contributed by atoms with Gasteiger partial charge in [-0.1, -0.05) is 0 Å². The van der Waals surface area contributed by atoms with Gasteiger partial charge in [0.05, 0.1) is 6.26 Å². The summed E-state index contributed by atoms with van der Waals surface area (Å²) in [6, 6.07) is 7.76. The molecule has 0 aliphatic heterocycles. The summed E-state index contributed by atoms with van der Waals surface area (Å²) in [5.41, 5.74) is 10.1. The van der Waals surface area contributed by atoms with Crippen LogP contribution in [0, 0.1) is 13.8 Å². The quantitative estimate of drug-likeness (QED) is 0.696. The number of anilines is 1. The molecule has 0 saturated heterocycles. The topological polar surface area (TPSA) is 39.2 Å². The Balaban J connectivity index is 2.61. The van der Waals surface area contributed by atoms with Crippen LogP contribution in [0.2, 0.25) is 0 Å². The molecule has 0 unspecified atom stereocenters. The minimum Gasteiger partial charge on any atom is -0.464 e. The lowest BCUT2D eigenvalue weighted by molar-refractivity contribution is 0.582. The van der Waals surface area contributed by atoms with Gasteiger partial charge in [-0.3, -0.25) is 0 Å². The van der Waals surface area contributed by atoms with E-state index in [1.54, 1.807) is 6.26 Å². The van der Waals surface area contributed by atoms with Crippen LogP contribution in [0.5, 0.6) is 0 Å². The zero-order chi connectivity index (χ0) is 10.1. The highest BCUT2D eigenvalue weighted by atomic mass is 16.3.